The summed E-state index contributed by atoms with van der Waals surface area (Å²) in [7, 11) is 1.51. The molecule has 0 aromatic heterocycles. The number of nitrogens with zero attached hydrogens (tertiary/aromatic N) is 2. The quantitative estimate of drug-likeness (QED) is 0.403. The minimum absolute atomic E-state index is 0.125. The Labute approximate surface area is 202 Å². The zero-order valence-electron chi connectivity index (χ0n) is 18.8. The summed E-state index contributed by atoms with van der Waals surface area (Å²) in [6.45, 7) is 2.00. The Hall–Kier alpha value is -4.02. The van der Waals surface area contributed by atoms with Crippen LogP contribution in [0.4, 0.5) is 11.4 Å². The van der Waals surface area contributed by atoms with Gasteiger partial charge in [0, 0.05) is 5.69 Å². The fraction of sp³-hybridized carbons (Fsp3) is 0.148. The van der Waals surface area contributed by atoms with Crippen LogP contribution >= 0.6 is 11.8 Å². The molecule has 1 fully saturated rings. The van der Waals surface area contributed by atoms with Crippen LogP contribution in [0.2, 0.25) is 0 Å². The van der Waals surface area contributed by atoms with Gasteiger partial charge in [0.2, 0.25) is 5.91 Å². The number of nitriles is 1. The second-order valence-electron chi connectivity index (χ2n) is 7.76. The summed E-state index contributed by atoms with van der Waals surface area (Å²) in [5.41, 5.74) is 3.06. The van der Waals surface area contributed by atoms with E-state index in [1.807, 2.05) is 55.5 Å². The minimum Gasteiger partial charge on any atom is -0.495 e. The van der Waals surface area contributed by atoms with Gasteiger partial charge in [-0.25, -0.2) is 0 Å². The molecular weight excluding hydrogens is 446 g/mol. The zero-order valence-corrected chi connectivity index (χ0v) is 19.6. The number of anilines is 2. The predicted molar refractivity (Wildman–Crippen MR) is 134 cm³/mol. The van der Waals surface area contributed by atoms with Crippen molar-refractivity contribution >= 4 is 35.0 Å². The highest BCUT2D eigenvalue weighted by Gasteiger charge is 2.40. The summed E-state index contributed by atoms with van der Waals surface area (Å²) in [6.07, 6.45) is 0.491. The fourth-order valence-electron chi connectivity index (χ4n) is 3.78. The van der Waals surface area contributed by atoms with E-state index in [0.29, 0.717) is 28.6 Å². The Morgan fingerprint density at radius 3 is 2.53 bits per heavy atom. The molecule has 0 radical (unpaired) electrons. The summed E-state index contributed by atoms with van der Waals surface area (Å²) in [5.74, 6) is -0.282. The Morgan fingerprint density at radius 2 is 1.82 bits per heavy atom. The third kappa shape index (κ3) is 4.82. The molecule has 1 aliphatic rings. The van der Waals surface area contributed by atoms with Crippen molar-refractivity contribution in [1.29, 1.82) is 5.26 Å². The molecule has 0 unspecified atom stereocenters. The summed E-state index contributed by atoms with van der Waals surface area (Å²) >= 11 is 1.25. The third-order valence-corrected chi connectivity index (χ3v) is 6.64. The molecule has 2 amide bonds. The Morgan fingerprint density at radius 1 is 1.09 bits per heavy atom. The highest BCUT2D eigenvalue weighted by atomic mass is 32.2. The van der Waals surface area contributed by atoms with Crippen molar-refractivity contribution in [2.75, 3.05) is 17.3 Å². The highest BCUT2D eigenvalue weighted by Crippen LogP contribution is 2.42. The van der Waals surface area contributed by atoms with Gasteiger partial charge < -0.3 is 10.1 Å². The highest BCUT2D eigenvalue weighted by molar-refractivity contribution is 8.05. The first-order chi connectivity index (χ1) is 16.5. The number of rotatable bonds is 6. The molecule has 0 spiro atoms. The largest absolute Gasteiger partial charge is 0.495 e. The number of para-hydroxylation sites is 3. The number of amides is 2. The Balaban J connectivity index is 1.72. The number of aryl methyl sites for hydroxylation is 1. The summed E-state index contributed by atoms with van der Waals surface area (Å²) < 4.78 is 5.30. The van der Waals surface area contributed by atoms with Crippen LogP contribution in [0.15, 0.2) is 89.5 Å². The standard InChI is InChI=1S/C27H23N3O3S/c1-18-9-8-10-19(15-18)16-24-26(32)30(20-11-4-3-5-12-20)27(34-24)21(17-28)25(31)29-22-13-6-7-14-23(22)33-2/h3-15,24H,16H2,1-2H3,(H,29,31)/b27-21-/t24-/m0/s1. The normalized spacial score (nSPS) is 16.7. The van der Waals surface area contributed by atoms with Crippen molar-refractivity contribution in [3.63, 3.8) is 0 Å². The van der Waals surface area contributed by atoms with E-state index in [1.54, 1.807) is 36.4 Å². The lowest BCUT2D eigenvalue weighted by molar-refractivity contribution is -0.117. The van der Waals surface area contributed by atoms with Crippen molar-refractivity contribution in [2.45, 2.75) is 18.6 Å². The number of carbonyl (C=O) groups excluding carboxylic acids is 2. The van der Waals surface area contributed by atoms with Crippen molar-refractivity contribution in [2.24, 2.45) is 0 Å². The van der Waals surface area contributed by atoms with Gasteiger partial charge in [0.25, 0.3) is 5.91 Å². The summed E-state index contributed by atoms with van der Waals surface area (Å²) in [5, 5.41) is 12.6. The molecule has 34 heavy (non-hydrogen) atoms. The molecular formula is C27H23N3O3S. The van der Waals surface area contributed by atoms with Gasteiger partial charge in [-0.1, -0.05) is 71.9 Å². The van der Waals surface area contributed by atoms with Crippen molar-refractivity contribution in [3.05, 3.63) is 101 Å². The van der Waals surface area contributed by atoms with Crippen LogP contribution in [0.5, 0.6) is 5.75 Å². The van der Waals surface area contributed by atoms with Crippen LogP contribution in [-0.4, -0.2) is 24.2 Å². The first-order valence-corrected chi connectivity index (χ1v) is 11.6. The van der Waals surface area contributed by atoms with Gasteiger partial charge >= 0.3 is 0 Å². The molecule has 1 heterocycles. The van der Waals surface area contributed by atoms with Gasteiger partial charge in [0.15, 0.2) is 0 Å². The van der Waals surface area contributed by atoms with Gasteiger partial charge in [0.05, 0.1) is 18.0 Å². The molecule has 1 N–H and O–H groups in total. The molecule has 1 aliphatic heterocycles. The van der Waals surface area contributed by atoms with Crippen molar-refractivity contribution in [3.8, 4) is 11.8 Å². The summed E-state index contributed by atoms with van der Waals surface area (Å²) in [4.78, 5) is 28.2. The first-order valence-electron chi connectivity index (χ1n) is 10.7. The Bertz CT molecular complexity index is 1300. The predicted octanol–water partition coefficient (Wildman–Crippen LogP) is 5.07. The van der Waals surface area contributed by atoms with Gasteiger partial charge in [-0.3, -0.25) is 14.5 Å². The van der Waals surface area contributed by atoms with Crippen LogP contribution in [0.25, 0.3) is 0 Å². The van der Waals surface area contributed by atoms with Crippen LogP contribution in [0.3, 0.4) is 0 Å². The van der Waals surface area contributed by atoms with Gasteiger partial charge in [-0.2, -0.15) is 5.26 Å². The minimum atomic E-state index is -0.598. The number of carbonyl (C=O) groups is 2. The third-order valence-electron chi connectivity index (χ3n) is 5.38. The second kappa shape index (κ2) is 10.3. The maximum absolute atomic E-state index is 13.5. The lowest BCUT2D eigenvalue weighted by atomic mass is 10.1. The first kappa shape index (κ1) is 23.1. The van der Waals surface area contributed by atoms with Crippen LogP contribution in [0.1, 0.15) is 11.1 Å². The fourth-order valence-corrected chi connectivity index (χ4v) is 5.09. The lowest BCUT2D eigenvalue weighted by Crippen LogP contribution is -2.30. The number of nitrogens with one attached hydrogen (secondary N) is 1. The van der Waals surface area contributed by atoms with E-state index < -0.39 is 11.2 Å². The summed E-state index contributed by atoms with van der Waals surface area (Å²) in [6, 6.07) is 26.1. The van der Waals surface area contributed by atoms with Crippen molar-refractivity contribution in [1.82, 2.24) is 0 Å². The van der Waals surface area contributed by atoms with E-state index in [2.05, 4.69) is 5.32 Å². The molecule has 1 saturated heterocycles. The average molecular weight is 470 g/mol. The number of hydrogen-bond acceptors (Lipinski definition) is 5. The lowest BCUT2D eigenvalue weighted by Gasteiger charge is -2.18. The molecule has 4 rings (SSSR count). The van der Waals surface area contributed by atoms with Gasteiger partial charge in [-0.05, 0) is 43.2 Å². The number of hydrogen-bond donors (Lipinski definition) is 1. The average Bonchev–Trinajstić information content (AvgIpc) is 3.15. The molecule has 0 saturated carbocycles. The van der Waals surface area contributed by atoms with E-state index in [9.17, 15) is 14.9 Å². The molecule has 3 aromatic rings. The SMILES string of the molecule is COc1ccccc1NC(=O)/C(C#N)=C1\S[C@@H](Cc2cccc(C)c2)C(=O)N1c1ccccc1. The van der Waals surface area contributed by atoms with Gasteiger partial charge in [-0.15, -0.1) is 0 Å². The second-order valence-corrected chi connectivity index (χ2v) is 8.95. The maximum atomic E-state index is 13.5. The Kier molecular flexibility index (Phi) is 7.00. The number of thioether (sulfide) groups is 1. The molecule has 0 bridgehead atoms. The topological polar surface area (TPSA) is 82.4 Å². The zero-order chi connectivity index (χ0) is 24.1. The van der Waals surface area contributed by atoms with Crippen LogP contribution in [0, 0.1) is 18.3 Å². The molecule has 6 nitrogen and oxygen atoms in total. The number of methoxy groups -OCH3 is 1. The van der Waals surface area contributed by atoms with E-state index in [1.165, 1.54) is 23.8 Å². The van der Waals surface area contributed by atoms with Gasteiger partial charge in [0.1, 0.15) is 22.4 Å². The molecule has 3 aromatic carbocycles. The van der Waals surface area contributed by atoms with Crippen LogP contribution < -0.4 is 15.0 Å². The van der Waals surface area contributed by atoms with E-state index in [4.69, 9.17) is 4.74 Å². The monoisotopic (exact) mass is 469 g/mol. The molecule has 7 heteroatoms. The van der Waals surface area contributed by atoms with Crippen LogP contribution in [-0.2, 0) is 16.0 Å². The molecule has 170 valence electrons. The van der Waals surface area contributed by atoms with E-state index in [0.717, 1.165) is 11.1 Å². The molecule has 1 atom stereocenters. The number of benzene rings is 3. The number of ether oxygens (including phenoxy) is 1. The van der Waals surface area contributed by atoms with E-state index >= 15 is 0 Å². The van der Waals surface area contributed by atoms with E-state index in [-0.39, 0.29) is 11.5 Å². The van der Waals surface area contributed by atoms with Crippen molar-refractivity contribution < 1.29 is 14.3 Å². The maximum Gasteiger partial charge on any atom is 0.269 e. The smallest absolute Gasteiger partial charge is 0.269 e. The molecule has 0 aliphatic carbocycles.